The number of carbonyl (C=O) groups is 1. The molecule has 1 N–H and O–H groups in total. The molecule has 2 amide bonds. The van der Waals surface area contributed by atoms with Crippen LogP contribution in [-0.2, 0) is 6.54 Å². The number of urea groups is 1. The van der Waals surface area contributed by atoms with Crippen molar-refractivity contribution in [2.75, 3.05) is 17.3 Å². The van der Waals surface area contributed by atoms with Gasteiger partial charge in [0, 0.05) is 18.0 Å². The van der Waals surface area contributed by atoms with Crippen LogP contribution in [0.25, 0.3) is 0 Å². The monoisotopic (exact) mass is 347 g/mol. The Morgan fingerprint density at radius 1 is 1.12 bits per heavy atom. The molecule has 0 fully saturated rings. The Kier molecular flexibility index (Phi) is 5.49. The van der Waals surface area contributed by atoms with Gasteiger partial charge in [0.15, 0.2) is 0 Å². The van der Waals surface area contributed by atoms with Crippen LogP contribution < -0.4 is 15.0 Å². The molecule has 0 saturated heterocycles. The van der Waals surface area contributed by atoms with Crippen molar-refractivity contribution in [1.29, 1.82) is 0 Å². The normalized spacial score (nSPS) is 10.2. The number of aromatic nitrogens is 1. The number of hydrogen-bond acceptors (Lipinski definition) is 3. The Hall–Kier alpha value is -3.34. The smallest absolute Gasteiger partial charge is 0.326 e. The maximum absolute atomic E-state index is 12.9. The van der Waals surface area contributed by atoms with Gasteiger partial charge in [-0.05, 0) is 36.8 Å². The number of benzene rings is 2. The number of rotatable bonds is 5. The van der Waals surface area contributed by atoms with Gasteiger partial charge in [0.2, 0.25) is 0 Å². The van der Waals surface area contributed by atoms with Crippen LogP contribution in [0.15, 0.2) is 73.1 Å². The van der Waals surface area contributed by atoms with Crippen molar-refractivity contribution in [3.05, 3.63) is 84.2 Å². The molecule has 5 heteroatoms. The fourth-order valence-electron chi connectivity index (χ4n) is 2.68. The molecule has 0 atom stereocenters. The third kappa shape index (κ3) is 4.39. The lowest BCUT2D eigenvalue weighted by atomic mass is 10.1. The summed E-state index contributed by atoms with van der Waals surface area (Å²) in [5.74, 6) is 0.689. The van der Waals surface area contributed by atoms with Crippen LogP contribution in [0.3, 0.4) is 0 Å². The predicted molar refractivity (Wildman–Crippen MR) is 104 cm³/mol. The number of ether oxygens (including phenoxy) is 1. The Morgan fingerprint density at radius 3 is 2.69 bits per heavy atom. The molecule has 5 nitrogen and oxygen atoms in total. The van der Waals surface area contributed by atoms with Gasteiger partial charge in [0.1, 0.15) is 5.75 Å². The van der Waals surface area contributed by atoms with Crippen molar-refractivity contribution in [2.45, 2.75) is 13.5 Å². The summed E-state index contributed by atoms with van der Waals surface area (Å²) in [5.41, 5.74) is 3.61. The molecule has 0 bridgehead atoms. The molecule has 1 heterocycles. The average Bonchev–Trinajstić information content (AvgIpc) is 2.67. The van der Waals surface area contributed by atoms with Gasteiger partial charge in [-0.15, -0.1) is 0 Å². The van der Waals surface area contributed by atoms with Crippen LogP contribution in [0.2, 0.25) is 0 Å². The first-order valence-electron chi connectivity index (χ1n) is 8.34. The first kappa shape index (κ1) is 17.5. The molecule has 3 rings (SSSR count). The minimum atomic E-state index is -0.229. The summed E-state index contributed by atoms with van der Waals surface area (Å²) in [7, 11) is 1.60. The molecule has 0 aliphatic heterocycles. The van der Waals surface area contributed by atoms with Gasteiger partial charge in [0.25, 0.3) is 0 Å². The van der Waals surface area contributed by atoms with Crippen LogP contribution in [0.5, 0.6) is 5.75 Å². The molecule has 1 aromatic heterocycles. The summed E-state index contributed by atoms with van der Waals surface area (Å²) in [6.45, 7) is 2.48. The van der Waals surface area contributed by atoms with Gasteiger partial charge in [-0.1, -0.05) is 35.9 Å². The van der Waals surface area contributed by atoms with E-state index in [1.54, 1.807) is 30.5 Å². The Bertz CT molecular complexity index is 881. The molecule has 0 saturated carbocycles. The summed E-state index contributed by atoms with van der Waals surface area (Å²) < 4.78 is 5.22. The molecule has 0 radical (unpaired) electrons. The molecule has 0 aliphatic rings. The van der Waals surface area contributed by atoms with Crippen molar-refractivity contribution in [1.82, 2.24) is 4.98 Å². The van der Waals surface area contributed by atoms with E-state index >= 15 is 0 Å². The van der Waals surface area contributed by atoms with Crippen LogP contribution in [0.4, 0.5) is 16.2 Å². The van der Waals surface area contributed by atoms with Crippen molar-refractivity contribution in [2.24, 2.45) is 0 Å². The van der Waals surface area contributed by atoms with E-state index in [0.717, 1.165) is 16.8 Å². The summed E-state index contributed by atoms with van der Waals surface area (Å²) >= 11 is 0. The van der Waals surface area contributed by atoms with Crippen LogP contribution in [-0.4, -0.2) is 18.1 Å². The maximum Gasteiger partial charge on any atom is 0.326 e. The standard InChI is InChI=1S/C21H21N3O2/c1-16-6-3-7-17(12-16)15-24(19-9-5-11-22-14-19)21(25)23-18-8-4-10-20(13-18)26-2/h3-14H,15H2,1-2H3,(H,23,25). The zero-order chi connectivity index (χ0) is 18.4. The second-order valence-electron chi connectivity index (χ2n) is 5.95. The van der Waals surface area contributed by atoms with Crippen molar-refractivity contribution in [3.63, 3.8) is 0 Å². The Labute approximate surface area is 153 Å². The molecular formula is C21H21N3O2. The van der Waals surface area contributed by atoms with Crippen molar-refractivity contribution < 1.29 is 9.53 Å². The minimum absolute atomic E-state index is 0.229. The molecular weight excluding hydrogens is 326 g/mol. The number of amides is 2. The molecule has 26 heavy (non-hydrogen) atoms. The summed E-state index contributed by atoms with van der Waals surface area (Å²) in [6.07, 6.45) is 3.37. The highest BCUT2D eigenvalue weighted by atomic mass is 16.5. The van der Waals surface area contributed by atoms with Crippen LogP contribution >= 0.6 is 0 Å². The minimum Gasteiger partial charge on any atom is -0.497 e. The molecule has 2 aromatic carbocycles. The zero-order valence-electron chi connectivity index (χ0n) is 14.8. The quantitative estimate of drug-likeness (QED) is 0.732. The van der Waals surface area contributed by atoms with Gasteiger partial charge in [-0.2, -0.15) is 0 Å². The number of hydrogen-bond donors (Lipinski definition) is 1. The Balaban J connectivity index is 1.86. The lowest BCUT2D eigenvalue weighted by molar-refractivity contribution is 0.256. The van der Waals surface area contributed by atoms with E-state index in [9.17, 15) is 4.79 Å². The lowest BCUT2D eigenvalue weighted by Gasteiger charge is -2.23. The number of nitrogens with zero attached hydrogens (tertiary/aromatic N) is 2. The SMILES string of the molecule is COc1cccc(NC(=O)N(Cc2cccc(C)c2)c2cccnc2)c1. The highest BCUT2D eigenvalue weighted by Gasteiger charge is 2.17. The topological polar surface area (TPSA) is 54.5 Å². The molecule has 132 valence electrons. The third-order valence-electron chi connectivity index (χ3n) is 3.95. The highest BCUT2D eigenvalue weighted by molar-refractivity contribution is 6.01. The summed E-state index contributed by atoms with van der Waals surface area (Å²) in [5, 5.41) is 2.93. The molecule has 0 unspecified atom stereocenters. The predicted octanol–water partition coefficient (Wildman–Crippen LogP) is 4.64. The number of methoxy groups -OCH3 is 1. The molecule has 3 aromatic rings. The number of anilines is 2. The first-order chi connectivity index (χ1) is 12.7. The highest BCUT2D eigenvalue weighted by Crippen LogP contribution is 2.21. The average molecular weight is 347 g/mol. The van der Waals surface area contributed by atoms with Crippen LogP contribution in [0.1, 0.15) is 11.1 Å². The second-order valence-corrected chi connectivity index (χ2v) is 5.95. The van der Waals surface area contributed by atoms with Gasteiger partial charge >= 0.3 is 6.03 Å². The van der Waals surface area contributed by atoms with E-state index in [1.807, 2.05) is 55.5 Å². The summed E-state index contributed by atoms with van der Waals surface area (Å²) in [6, 6.07) is 18.8. The number of carbonyl (C=O) groups excluding carboxylic acids is 1. The Morgan fingerprint density at radius 2 is 1.96 bits per heavy atom. The van der Waals surface area contributed by atoms with Gasteiger partial charge in [-0.3, -0.25) is 9.88 Å². The lowest BCUT2D eigenvalue weighted by Crippen LogP contribution is -2.34. The fourth-order valence-corrected chi connectivity index (χ4v) is 2.68. The van der Waals surface area contributed by atoms with Gasteiger partial charge in [0.05, 0.1) is 25.5 Å². The summed E-state index contributed by atoms with van der Waals surface area (Å²) in [4.78, 5) is 18.8. The van der Waals surface area contributed by atoms with E-state index in [4.69, 9.17) is 4.74 Å². The molecule has 0 aliphatic carbocycles. The van der Waals surface area contributed by atoms with Crippen LogP contribution in [0, 0.1) is 6.92 Å². The van der Waals surface area contributed by atoms with Gasteiger partial charge < -0.3 is 10.1 Å². The van der Waals surface area contributed by atoms with E-state index in [2.05, 4.69) is 16.4 Å². The largest absolute Gasteiger partial charge is 0.497 e. The van der Waals surface area contributed by atoms with E-state index in [-0.39, 0.29) is 6.03 Å². The van der Waals surface area contributed by atoms with E-state index in [1.165, 1.54) is 0 Å². The van der Waals surface area contributed by atoms with Gasteiger partial charge in [-0.25, -0.2) is 4.79 Å². The second kappa shape index (κ2) is 8.16. The molecule has 0 spiro atoms. The van der Waals surface area contributed by atoms with E-state index in [0.29, 0.717) is 18.0 Å². The third-order valence-corrected chi connectivity index (χ3v) is 3.95. The maximum atomic E-state index is 12.9. The fraction of sp³-hybridized carbons (Fsp3) is 0.143. The van der Waals surface area contributed by atoms with E-state index < -0.39 is 0 Å². The first-order valence-corrected chi connectivity index (χ1v) is 8.34. The van der Waals surface area contributed by atoms with Crippen molar-refractivity contribution in [3.8, 4) is 5.75 Å². The number of pyridine rings is 1. The zero-order valence-corrected chi connectivity index (χ0v) is 14.8. The number of nitrogens with one attached hydrogen (secondary N) is 1. The number of aryl methyl sites for hydroxylation is 1. The van der Waals surface area contributed by atoms with Crippen molar-refractivity contribution >= 4 is 17.4 Å².